The lowest BCUT2D eigenvalue weighted by Gasteiger charge is -2.03. The van der Waals surface area contributed by atoms with Gasteiger partial charge in [-0.15, -0.1) is 0 Å². The maximum absolute atomic E-state index is 10.6. The zero-order valence-electron chi connectivity index (χ0n) is 14.2. The zero-order chi connectivity index (χ0) is 20.7. The molecular weight excluding hydrogens is 388 g/mol. The van der Waals surface area contributed by atoms with Crippen LogP contribution in [0.15, 0.2) is 72.8 Å². The molecule has 1 N–H and O–H groups in total. The maximum atomic E-state index is 10.6. The van der Waals surface area contributed by atoms with Crippen LogP contribution in [0, 0.1) is 20.2 Å². The molecule has 9 heteroatoms. The van der Waals surface area contributed by atoms with Crippen molar-refractivity contribution in [2.75, 3.05) is 0 Å². The van der Waals surface area contributed by atoms with E-state index >= 15 is 0 Å². The zero-order valence-corrected chi connectivity index (χ0v) is 14.9. The van der Waals surface area contributed by atoms with Gasteiger partial charge in [-0.25, -0.2) is 0 Å². The van der Waals surface area contributed by atoms with Gasteiger partial charge in [0, 0.05) is 35.4 Å². The van der Waals surface area contributed by atoms with Crippen LogP contribution in [-0.4, -0.2) is 20.2 Å². The number of halogens is 1. The fourth-order valence-corrected chi connectivity index (χ4v) is 2.33. The van der Waals surface area contributed by atoms with Crippen molar-refractivity contribution in [3.8, 4) is 16.9 Å². The number of phenolic OH excluding ortho intramolecular Hbond substituents is 1. The third-order valence-corrected chi connectivity index (χ3v) is 3.80. The molecule has 0 fully saturated rings. The second kappa shape index (κ2) is 9.24. The summed E-state index contributed by atoms with van der Waals surface area (Å²) in [6.45, 7) is 0. The predicted octanol–water partition coefficient (Wildman–Crippen LogP) is 4.94. The lowest BCUT2D eigenvalue weighted by molar-refractivity contribution is -0.385. The van der Waals surface area contributed by atoms with Crippen LogP contribution < -0.4 is 0 Å². The average Bonchev–Trinajstić information content (AvgIpc) is 2.69. The number of nitro groups is 2. The highest BCUT2D eigenvalue weighted by Gasteiger charge is 2.11. The fraction of sp³-hybridized carbons (Fsp3) is 0. The molecule has 0 atom stereocenters. The summed E-state index contributed by atoms with van der Waals surface area (Å²) in [5, 5.41) is 29.8. The Kier molecular flexibility index (Phi) is 6.78. The number of hydrogen-bond donors (Lipinski definition) is 1. The van der Waals surface area contributed by atoms with E-state index in [1.54, 1.807) is 12.1 Å². The Morgan fingerprint density at radius 3 is 1.86 bits per heavy atom. The summed E-state index contributed by atoms with van der Waals surface area (Å²) >= 11 is 5.13. The molecule has 0 heterocycles. The lowest BCUT2D eigenvalue weighted by atomic mass is 10.0. The van der Waals surface area contributed by atoms with Gasteiger partial charge in [-0.05, 0) is 35.4 Å². The number of phenols is 1. The van der Waals surface area contributed by atoms with E-state index in [2.05, 4.69) is 0 Å². The average molecular weight is 401 g/mol. The van der Waals surface area contributed by atoms with E-state index in [1.807, 2.05) is 18.2 Å². The first kappa shape index (κ1) is 20.5. The second-order valence-electron chi connectivity index (χ2n) is 5.40. The third-order valence-electron chi connectivity index (χ3n) is 3.58. The molecule has 0 bridgehead atoms. The summed E-state index contributed by atoms with van der Waals surface area (Å²) in [5.74, 6) is 0.0387. The number of rotatable bonds is 4. The van der Waals surface area contributed by atoms with Gasteiger partial charge < -0.3 is 5.11 Å². The number of nitro benzene ring substituents is 2. The number of benzene rings is 3. The summed E-state index contributed by atoms with van der Waals surface area (Å²) in [7, 11) is 0. The number of aromatic hydroxyl groups is 1. The first-order valence-corrected chi connectivity index (χ1v) is 8.14. The van der Waals surface area contributed by atoms with Gasteiger partial charge in [-0.1, -0.05) is 30.3 Å². The van der Waals surface area contributed by atoms with Crippen molar-refractivity contribution < 1.29 is 19.7 Å². The van der Waals surface area contributed by atoms with Crippen LogP contribution >= 0.6 is 11.6 Å². The van der Waals surface area contributed by atoms with Crippen molar-refractivity contribution in [3.05, 3.63) is 98.6 Å². The first-order chi connectivity index (χ1) is 13.3. The van der Waals surface area contributed by atoms with Gasteiger partial charge in [-0.2, -0.15) is 0 Å². The Labute approximate surface area is 163 Å². The van der Waals surface area contributed by atoms with E-state index in [9.17, 15) is 30.1 Å². The number of nitrogens with zero attached hydrogens (tertiary/aromatic N) is 2. The van der Waals surface area contributed by atoms with Crippen LogP contribution in [0.1, 0.15) is 10.4 Å². The van der Waals surface area contributed by atoms with Crippen molar-refractivity contribution in [1.29, 1.82) is 0 Å². The molecule has 28 heavy (non-hydrogen) atoms. The minimum atomic E-state index is -0.620. The van der Waals surface area contributed by atoms with Crippen molar-refractivity contribution in [2.45, 2.75) is 0 Å². The van der Waals surface area contributed by atoms with Gasteiger partial charge in [0.25, 0.3) is 16.6 Å². The van der Waals surface area contributed by atoms with E-state index in [0.717, 1.165) is 5.56 Å². The van der Waals surface area contributed by atoms with Crippen LogP contribution in [0.2, 0.25) is 0 Å². The summed E-state index contributed by atoms with van der Waals surface area (Å²) in [6.07, 6.45) is 0. The summed E-state index contributed by atoms with van der Waals surface area (Å²) in [5.41, 5.74) is 1.38. The lowest BCUT2D eigenvalue weighted by Crippen LogP contribution is -1.90. The molecule has 0 aliphatic heterocycles. The molecular formula is C19H13ClN2O6. The molecule has 0 unspecified atom stereocenters. The van der Waals surface area contributed by atoms with Gasteiger partial charge >= 0.3 is 0 Å². The monoisotopic (exact) mass is 400 g/mol. The van der Waals surface area contributed by atoms with E-state index in [0.29, 0.717) is 5.56 Å². The van der Waals surface area contributed by atoms with Gasteiger partial charge in [0.1, 0.15) is 5.75 Å². The number of hydrogen-bond acceptors (Lipinski definition) is 6. The van der Waals surface area contributed by atoms with E-state index in [4.69, 9.17) is 11.6 Å². The van der Waals surface area contributed by atoms with Crippen molar-refractivity contribution >= 4 is 28.2 Å². The normalized spacial score (nSPS) is 9.75. The fourth-order valence-electron chi connectivity index (χ4n) is 2.20. The molecule has 0 saturated heterocycles. The van der Waals surface area contributed by atoms with Crippen molar-refractivity contribution in [1.82, 2.24) is 0 Å². The Hall–Kier alpha value is -3.78. The summed E-state index contributed by atoms with van der Waals surface area (Å²) < 4.78 is 0. The SMILES string of the molecule is O=C(Cl)c1ccc([N+](=O)[O-])cc1.O=[N+]([O-])c1ccc(O)c(-c2ccccc2)c1. The maximum Gasteiger partial charge on any atom is 0.270 e. The summed E-state index contributed by atoms with van der Waals surface area (Å²) in [6, 6.07) is 18.1. The Morgan fingerprint density at radius 2 is 1.36 bits per heavy atom. The molecule has 0 aromatic heterocycles. The van der Waals surface area contributed by atoms with E-state index in [-0.39, 0.29) is 22.7 Å². The topological polar surface area (TPSA) is 124 Å². The molecule has 3 rings (SSSR count). The quantitative estimate of drug-likeness (QED) is 0.375. The smallest absolute Gasteiger partial charge is 0.270 e. The number of non-ortho nitro benzene ring substituents is 2. The van der Waals surface area contributed by atoms with Crippen molar-refractivity contribution in [3.63, 3.8) is 0 Å². The van der Waals surface area contributed by atoms with E-state index < -0.39 is 15.1 Å². The molecule has 0 saturated carbocycles. The molecule has 0 aliphatic rings. The van der Waals surface area contributed by atoms with Crippen LogP contribution in [0.3, 0.4) is 0 Å². The molecule has 3 aromatic rings. The van der Waals surface area contributed by atoms with Crippen LogP contribution in [0.25, 0.3) is 11.1 Å². The highest BCUT2D eigenvalue weighted by molar-refractivity contribution is 6.67. The molecule has 8 nitrogen and oxygen atoms in total. The van der Waals surface area contributed by atoms with Gasteiger partial charge in [0.05, 0.1) is 9.85 Å². The largest absolute Gasteiger partial charge is 0.507 e. The minimum absolute atomic E-state index is 0.0309. The standard InChI is InChI=1S/C12H9NO3.C7H4ClNO3/c14-12-7-6-10(13(15)16)8-11(12)9-4-2-1-3-5-9;8-7(10)5-1-3-6(4-2-5)9(11)12/h1-8,14H;1-4H. The van der Waals surface area contributed by atoms with Crippen LogP contribution in [0.4, 0.5) is 11.4 Å². The first-order valence-electron chi connectivity index (χ1n) is 7.76. The van der Waals surface area contributed by atoms with Crippen LogP contribution in [0.5, 0.6) is 5.75 Å². The molecule has 0 radical (unpaired) electrons. The molecule has 3 aromatic carbocycles. The van der Waals surface area contributed by atoms with Gasteiger partial charge in [-0.3, -0.25) is 25.0 Å². The number of carbonyl (C=O) groups is 1. The predicted molar refractivity (Wildman–Crippen MR) is 103 cm³/mol. The van der Waals surface area contributed by atoms with E-state index in [1.165, 1.54) is 42.5 Å². The Balaban J connectivity index is 0.000000209. The third kappa shape index (κ3) is 5.36. The highest BCUT2D eigenvalue weighted by atomic mass is 35.5. The second-order valence-corrected chi connectivity index (χ2v) is 5.75. The van der Waals surface area contributed by atoms with Gasteiger partial charge in [0.15, 0.2) is 0 Å². The van der Waals surface area contributed by atoms with Crippen molar-refractivity contribution in [2.24, 2.45) is 0 Å². The Morgan fingerprint density at radius 1 is 0.821 bits per heavy atom. The molecule has 0 amide bonds. The molecule has 0 aliphatic carbocycles. The molecule has 142 valence electrons. The highest BCUT2D eigenvalue weighted by Crippen LogP contribution is 2.32. The van der Waals surface area contributed by atoms with Crippen LogP contribution in [-0.2, 0) is 0 Å². The number of carbonyl (C=O) groups excluding carboxylic acids is 1. The summed E-state index contributed by atoms with van der Waals surface area (Å²) in [4.78, 5) is 30.3. The molecule has 0 spiro atoms. The van der Waals surface area contributed by atoms with Gasteiger partial charge in [0.2, 0.25) is 0 Å². The Bertz CT molecular complexity index is 974. The minimum Gasteiger partial charge on any atom is -0.507 e.